The van der Waals surface area contributed by atoms with Gasteiger partial charge in [0.1, 0.15) is 11.5 Å². The Balaban J connectivity index is 1.51. The molecule has 0 radical (unpaired) electrons. The monoisotopic (exact) mass is 445 g/mol. The maximum atomic E-state index is 13.3. The fourth-order valence-electron chi connectivity index (χ4n) is 4.02. The van der Waals surface area contributed by atoms with E-state index in [0.717, 1.165) is 29.8 Å². The number of aromatic nitrogens is 2. The van der Waals surface area contributed by atoms with E-state index in [2.05, 4.69) is 22.5 Å². The van der Waals surface area contributed by atoms with Crippen LogP contribution in [0.1, 0.15) is 31.0 Å². The van der Waals surface area contributed by atoms with Crippen molar-refractivity contribution in [3.05, 3.63) is 53.9 Å². The molecule has 3 heterocycles. The van der Waals surface area contributed by atoms with Gasteiger partial charge in [0.05, 0.1) is 5.69 Å². The van der Waals surface area contributed by atoms with E-state index in [9.17, 15) is 18.0 Å². The van der Waals surface area contributed by atoms with Gasteiger partial charge in [0.25, 0.3) is 0 Å². The summed E-state index contributed by atoms with van der Waals surface area (Å²) in [7, 11) is 1.92. The molecule has 9 heteroatoms. The molecule has 0 bridgehead atoms. The van der Waals surface area contributed by atoms with Gasteiger partial charge in [-0.05, 0) is 43.0 Å². The van der Waals surface area contributed by atoms with Crippen LogP contribution in [-0.2, 0) is 19.8 Å². The van der Waals surface area contributed by atoms with Crippen molar-refractivity contribution in [3.8, 4) is 0 Å². The van der Waals surface area contributed by atoms with Crippen LogP contribution in [0.3, 0.4) is 0 Å². The molecule has 0 spiro atoms. The molecule has 1 fully saturated rings. The van der Waals surface area contributed by atoms with E-state index in [1.165, 1.54) is 6.07 Å². The van der Waals surface area contributed by atoms with Crippen LogP contribution in [0.4, 0.5) is 29.5 Å². The van der Waals surface area contributed by atoms with Gasteiger partial charge in [-0.3, -0.25) is 0 Å². The summed E-state index contributed by atoms with van der Waals surface area (Å²) in [5.41, 5.74) is 1.28. The van der Waals surface area contributed by atoms with Crippen LogP contribution >= 0.6 is 0 Å². The first-order valence-corrected chi connectivity index (χ1v) is 10.6. The number of hydrogen-bond acceptors (Lipinski definition) is 3. The molecule has 4 rings (SSSR count). The summed E-state index contributed by atoms with van der Waals surface area (Å²) in [5.74, 6) is 0.822. The Morgan fingerprint density at radius 3 is 2.62 bits per heavy atom. The molecule has 2 amide bonds. The highest BCUT2D eigenvalue weighted by atomic mass is 19.4. The van der Waals surface area contributed by atoms with Crippen molar-refractivity contribution in [3.63, 3.8) is 0 Å². The third-order valence-electron chi connectivity index (χ3n) is 5.95. The molecule has 0 saturated carbocycles. The van der Waals surface area contributed by atoms with Gasteiger partial charge in [-0.2, -0.15) is 13.2 Å². The molecule has 0 unspecified atom stereocenters. The normalized spacial score (nSPS) is 15.2. The highest BCUT2D eigenvalue weighted by molar-refractivity contribution is 6.00. The molecule has 1 aromatic carbocycles. The van der Waals surface area contributed by atoms with Crippen molar-refractivity contribution >= 4 is 28.4 Å². The van der Waals surface area contributed by atoms with Crippen molar-refractivity contribution < 1.29 is 18.0 Å². The van der Waals surface area contributed by atoms with E-state index in [-0.39, 0.29) is 12.4 Å². The van der Waals surface area contributed by atoms with Crippen LogP contribution in [0.25, 0.3) is 10.9 Å². The molecule has 170 valence electrons. The average Bonchev–Trinajstić information content (AvgIpc) is 3.14. The molecule has 1 aliphatic rings. The third kappa shape index (κ3) is 4.66. The number of carbonyl (C=O) groups is 1. The fraction of sp³-hybridized carbons (Fsp3) is 0.391. The lowest BCUT2D eigenvalue weighted by molar-refractivity contribution is -0.141. The molecular weight excluding hydrogens is 419 g/mol. The molecule has 1 saturated heterocycles. The van der Waals surface area contributed by atoms with Gasteiger partial charge >= 0.3 is 12.2 Å². The van der Waals surface area contributed by atoms with Gasteiger partial charge in [0, 0.05) is 49.3 Å². The van der Waals surface area contributed by atoms with Crippen LogP contribution in [0.2, 0.25) is 0 Å². The Morgan fingerprint density at radius 2 is 1.91 bits per heavy atom. The lowest BCUT2D eigenvalue weighted by Crippen LogP contribution is -2.35. The number of aryl methyl sites for hydroxylation is 1. The lowest BCUT2D eigenvalue weighted by atomic mass is 9.99. The van der Waals surface area contributed by atoms with Crippen molar-refractivity contribution in [1.82, 2.24) is 14.9 Å². The first-order chi connectivity index (χ1) is 15.2. The summed E-state index contributed by atoms with van der Waals surface area (Å²) < 4.78 is 41.7. The van der Waals surface area contributed by atoms with Gasteiger partial charge in [-0.15, -0.1) is 0 Å². The number of halogens is 3. The standard InChI is InChI=1S/C23H26F3N5O/c1-15-8-12-31(13-9-15)21-16(6-7-20(29-21)23(24,25)26)14-27-22(32)28-18-4-3-5-19-17(18)10-11-30(19)2/h3-7,10-11,15H,8-9,12-14H2,1-2H3,(H2,27,28,32). The van der Waals surface area contributed by atoms with Crippen LogP contribution in [0.5, 0.6) is 0 Å². The minimum Gasteiger partial charge on any atom is -0.356 e. The maximum absolute atomic E-state index is 13.3. The molecule has 2 N–H and O–H groups in total. The second-order valence-corrected chi connectivity index (χ2v) is 8.32. The zero-order valence-electron chi connectivity index (χ0n) is 18.0. The van der Waals surface area contributed by atoms with E-state index in [1.54, 1.807) is 0 Å². The quantitative estimate of drug-likeness (QED) is 0.584. The summed E-state index contributed by atoms with van der Waals surface area (Å²) in [6.07, 6.45) is -0.818. The van der Waals surface area contributed by atoms with E-state index in [4.69, 9.17) is 0 Å². The van der Waals surface area contributed by atoms with E-state index in [1.807, 2.05) is 47.0 Å². The van der Waals surface area contributed by atoms with Crippen molar-refractivity contribution in [2.45, 2.75) is 32.5 Å². The Morgan fingerprint density at radius 1 is 1.16 bits per heavy atom. The summed E-state index contributed by atoms with van der Waals surface area (Å²) >= 11 is 0. The minimum atomic E-state index is -4.52. The van der Waals surface area contributed by atoms with Gasteiger partial charge in [0.2, 0.25) is 0 Å². The van der Waals surface area contributed by atoms with Crippen LogP contribution in [0.15, 0.2) is 42.6 Å². The molecule has 3 aromatic rings. The molecule has 32 heavy (non-hydrogen) atoms. The van der Waals surface area contributed by atoms with Crippen molar-refractivity contribution in [2.75, 3.05) is 23.3 Å². The van der Waals surface area contributed by atoms with Gasteiger partial charge < -0.3 is 20.1 Å². The number of nitrogens with one attached hydrogen (secondary N) is 2. The summed E-state index contributed by atoms with van der Waals surface area (Å²) in [6, 6.07) is 9.48. The SMILES string of the molecule is CC1CCN(c2nc(C(F)(F)F)ccc2CNC(=O)Nc2cccc3c2ccn3C)CC1. The Kier molecular flexibility index (Phi) is 5.99. The number of urea groups is 1. The number of nitrogens with zero attached hydrogens (tertiary/aromatic N) is 3. The fourth-order valence-corrected chi connectivity index (χ4v) is 4.02. The molecular formula is C23H26F3N5O. The van der Waals surface area contributed by atoms with E-state index < -0.39 is 17.9 Å². The molecule has 0 atom stereocenters. The number of rotatable bonds is 4. The molecule has 1 aliphatic heterocycles. The number of carbonyl (C=O) groups excluding carboxylic acids is 1. The second-order valence-electron chi connectivity index (χ2n) is 8.32. The molecule has 0 aliphatic carbocycles. The summed E-state index contributed by atoms with van der Waals surface area (Å²) in [4.78, 5) is 18.4. The topological polar surface area (TPSA) is 62.2 Å². The van der Waals surface area contributed by atoms with Gasteiger partial charge in [-0.1, -0.05) is 19.1 Å². The largest absolute Gasteiger partial charge is 0.433 e. The number of anilines is 2. The lowest BCUT2D eigenvalue weighted by Gasteiger charge is -2.33. The number of hydrogen-bond donors (Lipinski definition) is 2. The number of pyridine rings is 1. The predicted octanol–water partition coefficient (Wildman–Crippen LogP) is 5.15. The second kappa shape index (κ2) is 8.72. The van der Waals surface area contributed by atoms with E-state index in [0.29, 0.717) is 30.3 Å². The Hall–Kier alpha value is -3.23. The Bertz CT molecular complexity index is 1120. The number of amides is 2. The average molecular weight is 445 g/mol. The number of benzene rings is 1. The molecule has 6 nitrogen and oxygen atoms in total. The zero-order chi connectivity index (χ0) is 22.9. The van der Waals surface area contributed by atoms with Gasteiger partial charge in [-0.25, -0.2) is 9.78 Å². The van der Waals surface area contributed by atoms with Gasteiger partial charge in [0.15, 0.2) is 0 Å². The first-order valence-electron chi connectivity index (χ1n) is 10.6. The smallest absolute Gasteiger partial charge is 0.356 e. The Labute approximate surface area is 184 Å². The van der Waals surface area contributed by atoms with Crippen molar-refractivity contribution in [2.24, 2.45) is 13.0 Å². The summed E-state index contributed by atoms with van der Waals surface area (Å²) in [6.45, 7) is 3.50. The van der Waals surface area contributed by atoms with Crippen LogP contribution in [0, 0.1) is 5.92 Å². The summed E-state index contributed by atoms with van der Waals surface area (Å²) in [5, 5.41) is 6.50. The van der Waals surface area contributed by atoms with Crippen molar-refractivity contribution in [1.29, 1.82) is 0 Å². The number of fused-ring (bicyclic) bond motifs is 1. The number of alkyl halides is 3. The van der Waals surface area contributed by atoms with Crippen LogP contribution in [-0.4, -0.2) is 28.7 Å². The highest BCUT2D eigenvalue weighted by Crippen LogP contribution is 2.32. The minimum absolute atomic E-state index is 0.0725. The van der Waals surface area contributed by atoms with E-state index >= 15 is 0 Å². The molecule has 2 aromatic heterocycles. The highest BCUT2D eigenvalue weighted by Gasteiger charge is 2.34. The first kappa shape index (κ1) is 22.0. The van der Waals surface area contributed by atoms with Crippen LogP contribution < -0.4 is 15.5 Å². The third-order valence-corrected chi connectivity index (χ3v) is 5.95. The number of piperidine rings is 1. The maximum Gasteiger partial charge on any atom is 0.433 e. The zero-order valence-corrected chi connectivity index (χ0v) is 18.0. The predicted molar refractivity (Wildman–Crippen MR) is 119 cm³/mol.